The zero-order valence-corrected chi connectivity index (χ0v) is 8.06. The van der Waals surface area contributed by atoms with Crippen molar-refractivity contribution >= 4 is 22.5 Å². The Morgan fingerprint density at radius 1 is 1.54 bits per heavy atom. The third-order valence-electron chi connectivity index (χ3n) is 2.12. The van der Waals surface area contributed by atoms with Crippen LogP contribution in [0, 0.1) is 12.7 Å². The van der Waals surface area contributed by atoms with E-state index in [4.69, 9.17) is 11.6 Å². The van der Waals surface area contributed by atoms with Crippen LogP contribution in [0.2, 0.25) is 5.15 Å². The number of halogens is 2. The molecule has 0 aromatic carbocycles. The van der Waals surface area contributed by atoms with E-state index in [2.05, 4.69) is 4.98 Å². The van der Waals surface area contributed by atoms with Crippen LogP contribution in [0.1, 0.15) is 5.56 Å². The Hall–Kier alpha value is -1.09. The summed E-state index contributed by atoms with van der Waals surface area (Å²) in [6.45, 7) is 1.91. The molecule has 0 bridgehead atoms. The van der Waals surface area contributed by atoms with E-state index >= 15 is 0 Å². The first-order valence-electron chi connectivity index (χ1n) is 3.87. The molecule has 0 amide bonds. The van der Waals surface area contributed by atoms with Gasteiger partial charge in [0, 0.05) is 24.8 Å². The van der Waals surface area contributed by atoms with Crippen molar-refractivity contribution in [3.8, 4) is 0 Å². The summed E-state index contributed by atoms with van der Waals surface area (Å²) in [5.41, 5.74) is 1.51. The molecule has 0 atom stereocenters. The molecule has 0 spiro atoms. The molecule has 0 saturated heterocycles. The van der Waals surface area contributed by atoms with E-state index in [1.165, 1.54) is 0 Å². The van der Waals surface area contributed by atoms with Gasteiger partial charge in [-0.25, -0.2) is 9.37 Å². The van der Waals surface area contributed by atoms with Gasteiger partial charge >= 0.3 is 0 Å². The van der Waals surface area contributed by atoms with Gasteiger partial charge in [-0.1, -0.05) is 11.6 Å². The van der Waals surface area contributed by atoms with Gasteiger partial charge in [0.15, 0.2) is 11.0 Å². The van der Waals surface area contributed by atoms with Crippen molar-refractivity contribution in [3.63, 3.8) is 0 Å². The van der Waals surface area contributed by atoms with Gasteiger partial charge in [-0.15, -0.1) is 0 Å². The fraction of sp³-hybridized carbons (Fsp3) is 0.222. The number of fused-ring (bicyclic) bond motifs is 1. The van der Waals surface area contributed by atoms with Crippen LogP contribution in [0.4, 0.5) is 4.39 Å². The second-order valence-corrected chi connectivity index (χ2v) is 3.41. The molecule has 2 rings (SSSR count). The van der Waals surface area contributed by atoms with Gasteiger partial charge in [-0.3, -0.25) is 0 Å². The molecule has 68 valence electrons. The van der Waals surface area contributed by atoms with Gasteiger partial charge in [-0.05, 0) is 12.5 Å². The van der Waals surface area contributed by atoms with Crippen LogP contribution in [-0.4, -0.2) is 9.55 Å². The molecular formula is C9H8ClFN2. The average molecular weight is 199 g/mol. The van der Waals surface area contributed by atoms with E-state index in [-0.39, 0.29) is 5.15 Å². The summed E-state index contributed by atoms with van der Waals surface area (Å²) in [6.07, 6.45) is 3.45. The van der Waals surface area contributed by atoms with Crippen molar-refractivity contribution in [2.45, 2.75) is 6.92 Å². The van der Waals surface area contributed by atoms with Crippen LogP contribution < -0.4 is 0 Å². The highest BCUT2D eigenvalue weighted by atomic mass is 35.5. The second-order valence-electron chi connectivity index (χ2n) is 3.05. The predicted molar refractivity (Wildman–Crippen MR) is 50.4 cm³/mol. The number of aromatic nitrogens is 2. The van der Waals surface area contributed by atoms with Gasteiger partial charge < -0.3 is 4.57 Å². The third-order valence-corrected chi connectivity index (χ3v) is 2.38. The molecule has 0 aliphatic carbocycles. The van der Waals surface area contributed by atoms with E-state index in [1.807, 2.05) is 13.1 Å². The summed E-state index contributed by atoms with van der Waals surface area (Å²) < 4.78 is 15.2. The predicted octanol–water partition coefficient (Wildman–Crippen LogP) is 2.67. The number of rotatable bonds is 0. The zero-order chi connectivity index (χ0) is 9.59. The normalized spacial score (nSPS) is 11.1. The first-order chi connectivity index (χ1) is 6.11. The average Bonchev–Trinajstić information content (AvgIpc) is 2.35. The summed E-state index contributed by atoms with van der Waals surface area (Å²) in [5, 5.41) is 0.734. The van der Waals surface area contributed by atoms with Gasteiger partial charge in [0.05, 0.1) is 5.52 Å². The lowest BCUT2D eigenvalue weighted by atomic mass is 10.2. The number of hydrogen-bond donors (Lipinski definition) is 0. The molecule has 2 heterocycles. The number of hydrogen-bond acceptors (Lipinski definition) is 1. The summed E-state index contributed by atoms with van der Waals surface area (Å²) in [7, 11) is 1.79. The van der Waals surface area contributed by atoms with Crippen LogP contribution in [-0.2, 0) is 7.05 Å². The number of nitrogens with zero attached hydrogens (tertiary/aromatic N) is 2. The standard InChI is InChI=1S/C9H8ClFN2/c1-5-4-13(2)8-6(5)3-12-9(10)7(8)11/h3-4H,1-2H3. The third kappa shape index (κ3) is 1.11. The quantitative estimate of drug-likeness (QED) is 0.595. The maximum absolute atomic E-state index is 13.5. The maximum atomic E-state index is 13.5. The van der Waals surface area contributed by atoms with Crippen LogP contribution >= 0.6 is 11.6 Å². The first kappa shape index (κ1) is 8.51. The minimum absolute atomic E-state index is 0.0753. The molecule has 0 aliphatic heterocycles. The second kappa shape index (κ2) is 2.70. The monoisotopic (exact) mass is 198 g/mol. The summed E-state index contributed by atoms with van der Waals surface area (Å²) >= 11 is 5.57. The molecular weight excluding hydrogens is 191 g/mol. The van der Waals surface area contributed by atoms with Crippen molar-refractivity contribution in [3.05, 3.63) is 28.9 Å². The minimum atomic E-state index is -0.449. The van der Waals surface area contributed by atoms with Gasteiger partial charge in [-0.2, -0.15) is 0 Å². The smallest absolute Gasteiger partial charge is 0.184 e. The highest BCUT2D eigenvalue weighted by molar-refractivity contribution is 6.30. The molecule has 2 nitrogen and oxygen atoms in total. The van der Waals surface area contributed by atoms with Gasteiger partial charge in [0.25, 0.3) is 0 Å². The molecule has 2 aromatic heterocycles. The topological polar surface area (TPSA) is 17.8 Å². The molecule has 0 aliphatic rings. The lowest BCUT2D eigenvalue weighted by molar-refractivity contribution is 0.626. The van der Waals surface area contributed by atoms with Crippen LogP contribution in [0.25, 0.3) is 10.9 Å². The Labute approximate surface area is 80.0 Å². The zero-order valence-electron chi connectivity index (χ0n) is 7.31. The molecule has 2 aromatic rings. The lowest BCUT2D eigenvalue weighted by Crippen LogP contribution is -1.90. The van der Waals surface area contributed by atoms with Crippen LogP contribution in [0.3, 0.4) is 0 Å². The molecule has 0 fully saturated rings. The first-order valence-corrected chi connectivity index (χ1v) is 4.24. The molecule has 0 unspecified atom stereocenters. The van der Waals surface area contributed by atoms with E-state index < -0.39 is 5.82 Å². The lowest BCUT2D eigenvalue weighted by Gasteiger charge is -1.98. The SMILES string of the molecule is Cc1cn(C)c2c(F)c(Cl)ncc12. The molecule has 0 saturated carbocycles. The molecule has 0 N–H and O–H groups in total. The van der Waals surface area contributed by atoms with Crippen molar-refractivity contribution in [1.29, 1.82) is 0 Å². The summed E-state index contributed by atoms with van der Waals surface area (Å²) in [4.78, 5) is 3.76. The Morgan fingerprint density at radius 3 is 2.92 bits per heavy atom. The molecule has 13 heavy (non-hydrogen) atoms. The van der Waals surface area contributed by atoms with Gasteiger partial charge in [0.2, 0.25) is 0 Å². The Kier molecular flexibility index (Phi) is 1.77. The minimum Gasteiger partial charge on any atom is -0.348 e. The molecule has 4 heteroatoms. The highest BCUT2D eigenvalue weighted by Gasteiger charge is 2.11. The van der Waals surface area contributed by atoms with E-state index in [9.17, 15) is 4.39 Å². The Bertz CT molecular complexity index is 476. The fourth-order valence-corrected chi connectivity index (χ4v) is 1.65. The Balaban J connectivity index is 2.98. The highest BCUT2D eigenvalue weighted by Crippen LogP contribution is 2.25. The van der Waals surface area contributed by atoms with Crippen molar-refractivity contribution in [2.24, 2.45) is 7.05 Å². The number of pyridine rings is 1. The Morgan fingerprint density at radius 2 is 2.23 bits per heavy atom. The number of aryl methyl sites for hydroxylation is 2. The largest absolute Gasteiger partial charge is 0.348 e. The van der Waals surface area contributed by atoms with E-state index in [0.717, 1.165) is 10.9 Å². The summed E-state index contributed by atoms with van der Waals surface area (Å²) in [5.74, 6) is -0.449. The van der Waals surface area contributed by atoms with Crippen molar-refractivity contribution in [1.82, 2.24) is 9.55 Å². The van der Waals surface area contributed by atoms with E-state index in [0.29, 0.717) is 5.52 Å². The summed E-state index contributed by atoms with van der Waals surface area (Å²) in [6, 6.07) is 0. The van der Waals surface area contributed by atoms with Crippen molar-refractivity contribution in [2.75, 3.05) is 0 Å². The van der Waals surface area contributed by atoms with E-state index in [1.54, 1.807) is 17.8 Å². The van der Waals surface area contributed by atoms with Crippen LogP contribution in [0.15, 0.2) is 12.4 Å². The maximum Gasteiger partial charge on any atom is 0.184 e. The van der Waals surface area contributed by atoms with Crippen LogP contribution in [0.5, 0.6) is 0 Å². The fourth-order valence-electron chi connectivity index (χ4n) is 1.51. The molecule has 0 radical (unpaired) electrons. The van der Waals surface area contributed by atoms with Crippen molar-refractivity contribution < 1.29 is 4.39 Å². The van der Waals surface area contributed by atoms with Gasteiger partial charge in [0.1, 0.15) is 0 Å².